The molecule has 0 spiro atoms. The van der Waals surface area contributed by atoms with Crippen LogP contribution in [0, 0.1) is 0 Å². The van der Waals surface area contributed by atoms with Crippen LogP contribution in [-0.4, -0.2) is 61.0 Å². The maximum Gasteiger partial charge on any atom is 0.270 e. The van der Waals surface area contributed by atoms with E-state index in [0.717, 1.165) is 30.6 Å². The minimum atomic E-state index is -3.63. The van der Waals surface area contributed by atoms with E-state index in [1.165, 1.54) is 35.5 Å². The normalized spacial score (nSPS) is 19.9. The topological polar surface area (TPSA) is 101 Å². The maximum absolute atomic E-state index is 12.9. The summed E-state index contributed by atoms with van der Waals surface area (Å²) in [6.45, 7) is 2.05. The molecular formula is C24H26N2O6S. The first-order valence-corrected chi connectivity index (χ1v) is 12.5. The number of carbonyl (C=O) groups is 3. The average molecular weight is 471 g/mol. The molecule has 0 radical (unpaired) electrons. The lowest BCUT2D eigenvalue weighted by atomic mass is 10.1. The van der Waals surface area contributed by atoms with Crippen molar-refractivity contribution in [2.45, 2.75) is 43.6 Å². The number of carbonyl (C=O) groups excluding carboxylic acids is 3. The summed E-state index contributed by atoms with van der Waals surface area (Å²) < 4.78 is 33.0. The quantitative estimate of drug-likeness (QED) is 0.492. The van der Waals surface area contributed by atoms with Gasteiger partial charge in [0, 0.05) is 18.7 Å². The van der Waals surface area contributed by atoms with Crippen molar-refractivity contribution in [3.05, 3.63) is 59.7 Å². The molecule has 2 heterocycles. The summed E-state index contributed by atoms with van der Waals surface area (Å²) >= 11 is 0. The van der Waals surface area contributed by atoms with Gasteiger partial charge in [0.25, 0.3) is 11.8 Å². The van der Waals surface area contributed by atoms with Gasteiger partial charge in [-0.2, -0.15) is 4.31 Å². The standard InChI is InChI=1S/C24H26N2O6S/c1-17-23(28)26(24(29)20-8-4-5-9-22(20)32-17)16-21(27)18-10-12-19(13-11-18)33(30,31)25-14-6-2-3-7-15-25/h4-5,8-13,17H,2-3,6-7,14-16H2,1H3/t17-/m0/s1. The van der Waals surface area contributed by atoms with Gasteiger partial charge in [-0.25, -0.2) is 8.42 Å². The van der Waals surface area contributed by atoms with Gasteiger partial charge in [-0.3, -0.25) is 19.3 Å². The molecule has 0 saturated carbocycles. The fourth-order valence-electron chi connectivity index (χ4n) is 4.08. The molecule has 174 valence electrons. The third-order valence-electron chi connectivity index (χ3n) is 5.96. The number of nitrogens with zero attached hydrogens (tertiary/aromatic N) is 2. The van der Waals surface area contributed by atoms with Gasteiger partial charge in [-0.1, -0.05) is 25.0 Å². The molecule has 1 saturated heterocycles. The Balaban J connectivity index is 1.53. The van der Waals surface area contributed by atoms with Crippen LogP contribution in [0.15, 0.2) is 53.4 Å². The number of imide groups is 1. The van der Waals surface area contributed by atoms with Gasteiger partial charge in [0.2, 0.25) is 10.0 Å². The molecule has 2 aromatic rings. The Labute approximate surface area is 193 Å². The van der Waals surface area contributed by atoms with E-state index in [2.05, 4.69) is 0 Å². The molecular weight excluding hydrogens is 444 g/mol. The van der Waals surface area contributed by atoms with Crippen molar-refractivity contribution in [3.8, 4) is 5.75 Å². The minimum absolute atomic E-state index is 0.124. The number of hydrogen-bond acceptors (Lipinski definition) is 6. The smallest absolute Gasteiger partial charge is 0.270 e. The lowest BCUT2D eigenvalue weighted by Crippen LogP contribution is -2.44. The molecule has 0 aliphatic carbocycles. The average Bonchev–Trinajstić information content (AvgIpc) is 3.15. The molecule has 1 fully saturated rings. The first-order valence-electron chi connectivity index (χ1n) is 11.0. The Morgan fingerprint density at radius 1 is 0.970 bits per heavy atom. The number of ketones is 1. The zero-order valence-corrected chi connectivity index (χ0v) is 19.2. The van der Waals surface area contributed by atoms with Gasteiger partial charge in [0.15, 0.2) is 11.9 Å². The molecule has 0 bridgehead atoms. The minimum Gasteiger partial charge on any atom is -0.480 e. The van der Waals surface area contributed by atoms with Crippen molar-refractivity contribution < 1.29 is 27.5 Å². The Bertz CT molecular complexity index is 1170. The van der Waals surface area contributed by atoms with E-state index in [1.807, 2.05) is 0 Å². The first-order chi connectivity index (χ1) is 15.8. The van der Waals surface area contributed by atoms with Gasteiger partial charge < -0.3 is 4.74 Å². The molecule has 8 nitrogen and oxygen atoms in total. The highest BCUT2D eigenvalue weighted by Gasteiger charge is 2.35. The molecule has 2 aliphatic heterocycles. The molecule has 0 aromatic heterocycles. The maximum atomic E-state index is 12.9. The van der Waals surface area contributed by atoms with Crippen LogP contribution in [0.2, 0.25) is 0 Å². The first kappa shape index (κ1) is 23.1. The van der Waals surface area contributed by atoms with E-state index in [0.29, 0.717) is 18.8 Å². The Hall–Kier alpha value is -3.04. The van der Waals surface area contributed by atoms with Gasteiger partial charge in [0.05, 0.1) is 17.0 Å². The zero-order chi connectivity index (χ0) is 23.6. The molecule has 4 rings (SSSR count). The summed E-state index contributed by atoms with van der Waals surface area (Å²) in [5.41, 5.74) is 0.429. The van der Waals surface area contributed by atoms with E-state index < -0.39 is 40.3 Å². The predicted octanol–water partition coefficient (Wildman–Crippen LogP) is 2.88. The van der Waals surface area contributed by atoms with Crippen LogP contribution in [0.5, 0.6) is 5.75 Å². The molecule has 2 aliphatic rings. The number of ether oxygens (including phenoxy) is 1. The van der Waals surface area contributed by atoms with E-state index in [1.54, 1.807) is 24.3 Å². The van der Waals surface area contributed by atoms with Crippen molar-refractivity contribution in [1.82, 2.24) is 9.21 Å². The van der Waals surface area contributed by atoms with Crippen LogP contribution in [0.3, 0.4) is 0 Å². The number of amides is 2. The third kappa shape index (κ3) is 4.69. The largest absolute Gasteiger partial charge is 0.480 e. The van der Waals surface area contributed by atoms with Crippen molar-refractivity contribution in [1.29, 1.82) is 0 Å². The molecule has 1 atom stereocenters. The van der Waals surface area contributed by atoms with Crippen LogP contribution in [0.4, 0.5) is 0 Å². The summed E-state index contributed by atoms with van der Waals surface area (Å²) in [5.74, 6) is -1.39. The summed E-state index contributed by atoms with van der Waals surface area (Å²) in [5, 5.41) is 0. The number of sulfonamides is 1. The van der Waals surface area contributed by atoms with Gasteiger partial charge in [0.1, 0.15) is 5.75 Å². The van der Waals surface area contributed by atoms with Crippen molar-refractivity contribution >= 4 is 27.6 Å². The molecule has 33 heavy (non-hydrogen) atoms. The van der Waals surface area contributed by atoms with Crippen molar-refractivity contribution in [3.63, 3.8) is 0 Å². The molecule has 0 N–H and O–H groups in total. The number of rotatable bonds is 5. The second-order valence-electron chi connectivity index (χ2n) is 8.25. The number of hydrogen-bond donors (Lipinski definition) is 0. The predicted molar refractivity (Wildman–Crippen MR) is 121 cm³/mol. The van der Waals surface area contributed by atoms with Crippen LogP contribution < -0.4 is 4.74 Å². The number of Topliss-reactive ketones (excluding diaryl/α,β-unsaturated/α-hetero) is 1. The van der Waals surface area contributed by atoms with Gasteiger partial charge in [-0.05, 0) is 56.2 Å². The van der Waals surface area contributed by atoms with E-state index >= 15 is 0 Å². The summed E-state index contributed by atoms with van der Waals surface area (Å²) in [4.78, 5) is 39.6. The highest BCUT2D eigenvalue weighted by molar-refractivity contribution is 7.89. The van der Waals surface area contributed by atoms with E-state index in [9.17, 15) is 22.8 Å². The molecule has 2 amide bonds. The van der Waals surface area contributed by atoms with Crippen LogP contribution >= 0.6 is 0 Å². The summed E-state index contributed by atoms with van der Waals surface area (Å²) in [7, 11) is -3.63. The number of para-hydroxylation sites is 1. The third-order valence-corrected chi connectivity index (χ3v) is 7.87. The lowest BCUT2D eigenvalue weighted by Gasteiger charge is -2.21. The monoisotopic (exact) mass is 470 g/mol. The number of fused-ring (bicyclic) bond motifs is 1. The Kier molecular flexibility index (Phi) is 6.62. The SMILES string of the molecule is C[C@@H]1Oc2ccccc2C(=O)N(CC(=O)c2ccc(S(=O)(=O)N3CCCCCC3)cc2)C1=O. The Morgan fingerprint density at radius 3 is 2.27 bits per heavy atom. The summed E-state index contributed by atoms with van der Waals surface area (Å²) in [6.07, 6.45) is 2.77. The molecule has 0 unspecified atom stereocenters. The van der Waals surface area contributed by atoms with Crippen molar-refractivity contribution in [2.75, 3.05) is 19.6 Å². The van der Waals surface area contributed by atoms with Gasteiger partial charge >= 0.3 is 0 Å². The summed E-state index contributed by atoms with van der Waals surface area (Å²) in [6, 6.07) is 12.2. The van der Waals surface area contributed by atoms with Crippen molar-refractivity contribution in [2.24, 2.45) is 0 Å². The second kappa shape index (κ2) is 9.44. The van der Waals surface area contributed by atoms with E-state index in [-0.39, 0.29) is 16.0 Å². The lowest BCUT2D eigenvalue weighted by molar-refractivity contribution is -0.134. The highest BCUT2D eigenvalue weighted by Crippen LogP contribution is 2.26. The van der Waals surface area contributed by atoms with Crippen LogP contribution in [0.1, 0.15) is 53.3 Å². The second-order valence-corrected chi connectivity index (χ2v) is 10.2. The highest BCUT2D eigenvalue weighted by atomic mass is 32.2. The fourth-order valence-corrected chi connectivity index (χ4v) is 5.60. The van der Waals surface area contributed by atoms with E-state index in [4.69, 9.17) is 4.74 Å². The fraction of sp³-hybridized carbons (Fsp3) is 0.375. The Morgan fingerprint density at radius 2 is 1.61 bits per heavy atom. The number of benzene rings is 2. The molecule has 2 aromatic carbocycles. The molecule has 9 heteroatoms. The van der Waals surface area contributed by atoms with Gasteiger partial charge in [-0.15, -0.1) is 0 Å². The zero-order valence-electron chi connectivity index (χ0n) is 18.4. The van der Waals surface area contributed by atoms with Crippen LogP contribution in [-0.2, 0) is 14.8 Å². The van der Waals surface area contributed by atoms with Crippen LogP contribution in [0.25, 0.3) is 0 Å².